The molecule has 0 saturated carbocycles. The number of nitrogens with zero attached hydrogens (tertiary/aromatic N) is 3. The van der Waals surface area contributed by atoms with Crippen molar-refractivity contribution in [1.29, 1.82) is 0 Å². The molecule has 0 atom stereocenters. The zero-order valence-corrected chi connectivity index (χ0v) is 16.6. The van der Waals surface area contributed by atoms with Crippen LogP contribution in [-0.4, -0.2) is 20.8 Å². The molecule has 0 aliphatic heterocycles. The number of nitrogens with one attached hydrogen (secondary N) is 3. The van der Waals surface area contributed by atoms with E-state index in [9.17, 15) is 19.3 Å². The molecule has 0 fully saturated rings. The average molecular weight is 432 g/mol. The number of hydrazine groups is 1. The van der Waals surface area contributed by atoms with Gasteiger partial charge in [-0.25, -0.2) is 14.4 Å². The van der Waals surface area contributed by atoms with E-state index in [-0.39, 0.29) is 24.0 Å². The fourth-order valence-electron chi connectivity index (χ4n) is 3.17. The number of anilines is 2. The molecule has 4 rings (SSSR count). The van der Waals surface area contributed by atoms with E-state index in [0.717, 1.165) is 17.1 Å². The van der Waals surface area contributed by atoms with Gasteiger partial charge in [0, 0.05) is 12.1 Å². The SMILES string of the molecule is O=C(NNc1ncnc(NCc2ccc(F)cc2)c1[N+](=O)[O-])c1cccc2ccccc12. The first kappa shape index (κ1) is 20.7. The Balaban J connectivity index is 1.53. The number of hydrogen-bond acceptors (Lipinski definition) is 7. The topological polar surface area (TPSA) is 122 Å². The molecule has 0 unspecified atom stereocenters. The lowest BCUT2D eigenvalue weighted by atomic mass is 10.0. The van der Waals surface area contributed by atoms with E-state index in [2.05, 4.69) is 26.1 Å². The number of rotatable bonds is 7. The van der Waals surface area contributed by atoms with Gasteiger partial charge in [0.1, 0.15) is 12.1 Å². The largest absolute Gasteiger partial charge is 0.360 e. The van der Waals surface area contributed by atoms with Crippen LogP contribution in [0.3, 0.4) is 0 Å². The molecule has 0 aliphatic rings. The fraction of sp³-hybridized carbons (Fsp3) is 0.0455. The number of benzene rings is 3. The molecule has 4 aromatic rings. The summed E-state index contributed by atoms with van der Waals surface area (Å²) in [7, 11) is 0. The van der Waals surface area contributed by atoms with Crippen LogP contribution in [0, 0.1) is 15.9 Å². The van der Waals surface area contributed by atoms with Crippen LogP contribution in [-0.2, 0) is 6.54 Å². The monoisotopic (exact) mass is 432 g/mol. The molecule has 0 bridgehead atoms. The summed E-state index contributed by atoms with van der Waals surface area (Å²) < 4.78 is 13.1. The van der Waals surface area contributed by atoms with Gasteiger partial charge in [0.05, 0.1) is 4.92 Å². The number of nitro groups is 1. The van der Waals surface area contributed by atoms with Gasteiger partial charge in [0.15, 0.2) is 0 Å². The third-order valence-corrected chi connectivity index (χ3v) is 4.71. The summed E-state index contributed by atoms with van der Waals surface area (Å²) in [6, 6.07) is 18.4. The number of amides is 1. The van der Waals surface area contributed by atoms with E-state index in [4.69, 9.17) is 0 Å². The highest BCUT2D eigenvalue weighted by Gasteiger charge is 2.23. The Hall–Kier alpha value is -4.60. The summed E-state index contributed by atoms with van der Waals surface area (Å²) >= 11 is 0. The van der Waals surface area contributed by atoms with Crippen molar-refractivity contribution in [2.24, 2.45) is 0 Å². The van der Waals surface area contributed by atoms with E-state index < -0.39 is 16.5 Å². The molecule has 3 N–H and O–H groups in total. The highest BCUT2D eigenvalue weighted by Crippen LogP contribution is 2.29. The second-order valence-electron chi connectivity index (χ2n) is 6.76. The first-order valence-electron chi connectivity index (χ1n) is 9.55. The van der Waals surface area contributed by atoms with Gasteiger partial charge in [-0.3, -0.25) is 25.8 Å². The van der Waals surface area contributed by atoms with E-state index in [1.165, 1.54) is 12.1 Å². The zero-order valence-electron chi connectivity index (χ0n) is 16.6. The molecule has 0 aliphatic carbocycles. The zero-order chi connectivity index (χ0) is 22.5. The number of hydrogen-bond donors (Lipinski definition) is 3. The van der Waals surface area contributed by atoms with Gasteiger partial charge in [-0.1, -0.05) is 48.5 Å². The van der Waals surface area contributed by atoms with Crippen LogP contribution >= 0.6 is 0 Å². The highest BCUT2D eigenvalue weighted by molar-refractivity contribution is 6.07. The molecule has 10 heteroatoms. The van der Waals surface area contributed by atoms with E-state index in [0.29, 0.717) is 11.1 Å². The van der Waals surface area contributed by atoms with E-state index >= 15 is 0 Å². The van der Waals surface area contributed by atoms with Crippen molar-refractivity contribution < 1.29 is 14.1 Å². The summed E-state index contributed by atoms with van der Waals surface area (Å²) in [5, 5.41) is 16.2. The standard InChI is InChI=1S/C22H17FN6O3/c23-16-10-8-14(9-11-16)12-24-20-19(29(31)32)21(26-13-25-20)27-28-22(30)18-7-3-5-15-4-1-2-6-17(15)18/h1-11,13H,12H2,(H,28,30)(H2,24,25,26,27). The number of aromatic nitrogens is 2. The van der Waals surface area contributed by atoms with Crippen molar-refractivity contribution >= 4 is 34.0 Å². The Morgan fingerprint density at radius 3 is 2.47 bits per heavy atom. The molecule has 0 saturated heterocycles. The molecular weight excluding hydrogens is 415 g/mol. The van der Waals surface area contributed by atoms with Crippen molar-refractivity contribution in [3.05, 3.63) is 100 Å². The molecule has 1 heterocycles. The van der Waals surface area contributed by atoms with Crippen LogP contribution in [0.2, 0.25) is 0 Å². The molecule has 0 radical (unpaired) electrons. The summed E-state index contributed by atoms with van der Waals surface area (Å²) in [6.07, 6.45) is 1.13. The minimum atomic E-state index is -0.653. The average Bonchev–Trinajstić information content (AvgIpc) is 2.81. The Bertz CT molecular complexity index is 1290. The molecule has 0 spiro atoms. The Labute approximate surface area is 181 Å². The van der Waals surface area contributed by atoms with Crippen molar-refractivity contribution in [2.45, 2.75) is 6.54 Å². The highest BCUT2D eigenvalue weighted by atomic mass is 19.1. The van der Waals surface area contributed by atoms with Crippen LogP contribution in [0.1, 0.15) is 15.9 Å². The predicted octanol–water partition coefficient (Wildman–Crippen LogP) is 4.05. The first-order valence-corrected chi connectivity index (χ1v) is 9.55. The summed E-state index contributed by atoms with van der Waals surface area (Å²) in [5.41, 5.74) is 5.65. The normalized spacial score (nSPS) is 10.5. The fourth-order valence-corrected chi connectivity index (χ4v) is 3.17. The van der Waals surface area contributed by atoms with Crippen LogP contribution in [0.25, 0.3) is 10.8 Å². The van der Waals surface area contributed by atoms with Crippen molar-refractivity contribution in [3.8, 4) is 0 Å². The Kier molecular flexibility index (Phi) is 5.84. The van der Waals surface area contributed by atoms with Gasteiger partial charge < -0.3 is 5.32 Å². The summed E-state index contributed by atoms with van der Waals surface area (Å²) in [5.74, 6) is -1.08. The van der Waals surface area contributed by atoms with Crippen LogP contribution in [0.5, 0.6) is 0 Å². The second kappa shape index (κ2) is 9.04. The minimum Gasteiger partial charge on any atom is -0.360 e. The van der Waals surface area contributed by atoms with Crippen molar-refractivity contribution in [2.75, 3.05) is 10.7 Å². The third kappa shape index (κ3) is 4.43. The first-order chi connectivity index (χ1) is 15.5. The number of carbonyl (C=O) groups is 1. The number of fused-ring (bicyclic) bond motifs is 1. The maximum atomic E-state index is 13.1. The van der Waals surface area contributed by atoms with E-state index in [1.54, 1.807) is 24.3 Å². The van der Waals surface area contributed by atoms with Gasteiger partial charge in [0.2, 0.25) is 11.6 Å². The van der Waals surface area contributed by atoms with Gasteiger partial charge in [0.25, 0.3) is 5.91 Å². The van der Waals surface area contributed by atoms with Gasteiger partial charge in [-0.2, -0.15) is 0 Å². The molecule has 3 aromatic carbocycles. The Morgan fingerprint density at radius 2 is 1.69 bits per heavy atom. The van der Waals surface area contributed by atoms with Gasteiger partial charge in [-0.05, 0) is 34.5 Å². The third-order valence-electron chi connectivity index (χ3n) is 4.71. The lowest BCUT2D eigenvalue weighted by molar-refractivity contribution is -0.383. The van der Waals surface area contributed by atoms with E-state index in [1.807, 2.05) is 30.3 Å². The summed E-state index contributed by atoms with van der Waals surface area (Å²) in [6.45, 7) is 0.180. The second-order valence-corrected chi connectivity index (χ2v) is 6.76. The van der Waals surface area contributed by atoms with Gasteiger partial charge in [-0.15, -0.1) is 0 Å². The molecule has 160 valence electrons. The smallest absolute Gasteiger partial charge is 0.354 e. The van der Waals surface area contributed by atoms with Gasteiger partial charge >= 0.3 is 5.69 Å². The molecule has 1 aromatic heterocycles. The molecular formula is C22H17FN6O3. The molecule has 9 nitrogen and oxygen atoms in total. The Morgan fingerprint density at radius 1 is 0.969 bits per heavy atom. The number of carbonyl (C=O) groups excluding carboxylic acids is 1. The lowest BCUT2D eigenvalue weighted by Gasteiger charge is -2.12. The van der Waals surface area contributed by atoms with Crippen molar-refractivity contribution in [1.82, 2.24) is 15.4 Å². The number of halogens is 1. The van der Waals surface area contributed by atoms with Crippen LogP contribution in [0.15, 0.2) is 73.1 Å². The summed E-state index contributed by atoms with van der Waals surface area (Å²) in [4.78, 5) is 31.5. The van der Waals surface area contributed by atoms with Crippen LogP contribution < -0.4 is 16.2 Å². The van der Waals surface area contributed by atoms with Crippen LogP contribution in [0.4, 0.5) is 21.7 Å². The molecule has 32 heavy (non-hydrogen) atoms. The maximum Gasteiger partial charge on any atom is 0.354 e. The minimum absolute atomic E-state index is 0.0452. The lowest BCUT2D eigenvalue weighted by Crippen LogP contribution is -2.30. The quantitative estimate of drug-likeness (QED) is 0.297. The van der Waals surface area contributed by atoms with Crippen molar-refractivity contribution in [3.63, 3.8) is 0 Å². The predicted molar refractivity (Wildman–Crippen MR) is 117 cm³/mol. The maximum absolute atomic E-state index is 13.1. The molecule has 1 amide bonds.